The molecule has 142 valence electrons. The van der Waals surface area contributed by atoms with Crippen LogP contribution in [0.4, 0.5) is 15.8 Å². The van der Waals surface area contributed by atoms with Gasteiger partial charge in [-0.05, 0) is 66.1 Å². The summed E-state index contributed by atoms with van der Waals surface area (Å²) in [5.74, 6) is -1.03. The Morgan fingerprint density at radius 1 is 0.857 bits per heavy atom. The van der Waals surface area contributed by atoms with E-state index in [9.17, 15) is 14.0 Å². The van der Waals surface area contributed by atoms with Crippen molar-refractivity contribution in [1.29, 1.82) is 0 Å². The van der Waals surface area contributed by atoms with E-state index in [-0.39, 0.29) is 16.8 Å². The minimum atomic E-state index is -0.435. The van der Waals surface area contributed by atoms with Gasteiger partial charge in [0.05, 0.1) is 4.88 Å². The van der Waals surface area contributed by atoms with Crippen LogP contribution < -0.4 is 21.5 Å². The first kappa shape index (κ1) is 19.5. The van der Waals surface area contributed by atoms with Crippen molar-refractivity contribution in [2.75, 3.05) is 10.6 Å². The Bertz CT molecular complexity index is 991. The first-order valence-electron chi connectivity index (χ1n) is 8.09. The SMILES string of the molecule is O=C(NNC(=S)Nc1ccc(F)cc1)c1cccc(NC(=O)c2cccs2)c1. The van der Waals surface area contributed by atoms with Gasteiger partial charge >= 0.3 is 0 Å². The average Bonchev–Trinajstić information content (AvgIpc) is 3.23. The van der Waals surface area contributed by atoms with Crippen molar-refractivity contribution >= 4 is 51.9 Å². The maximum atomic E-state index is 12.9. The zero-order chi connectivity index (χ0) is 19.9. The Labute approximate surface area is 169 Å². The normalized spacial score (nSPS) is 10.0. The molecule has 28 heavy (non-hydrogen) atoms. The van der Waals surface area contributed by atoms with E-state index in [0.29, 0.717) is 21.8 Å². The van der Waals surface area contributed by atoms with Gasteiger partial charge in [-0.2, -0.15) is 0 Å². The van der Waals surface area contributed by atoms with Crippen molar-refractivity contribution in [2.24, 2.45) is 0 Å². The van der Waals surface area contributed by atoms with E-state index in [4.69, 9.17) is 12.2 Å². The number of benzene rings is 2. The Morgan fingerprint density at radius 2 is 1.64 bits per heavy atom. The molecule has 0 spiro atoms. The summed E-state index contributed by atoms with van der Waals surface area (Å²) in [4.78, 5) is 25.0. The smallest absolute Gasteiger partial charge is 0.269 e. The lowest BCUT2D eigenvalue weighted by Gasteiger charge is -2.12. The molecule has 0 bridgehead atoms. The third kappa shape index (κ3) is 5.35. The van der Waals surface area contributed by atoms with Crippen LogP contribution in [0, 0.1) is 5.82 Å². The molecule has 0 saturated heterocycles. The van der Waals surface area contributed by atoms with Crippen LogP contribution in [0.15, 0.2) is 66.0 Å². The Morgan fingerprint density at radius 3 is 2.36 bits per heavy atom. The monoisotopic (exact) mass is 414 g/mol. The predicted octanol–water partition coefficient (Wildman–Crippen LogP) is 3.77. The first-order valence-corrected chi connectivity index (χ1v) is 9.38. The van der Waals surface area contributed by atoms with Crippen LogP contribution in [-0.4, -0.2) is 16.9 Å². The molecule has 0 saturated carbocycles. The quantitative estimate of drug-likeness (QED) is 0.386. The number of carbonyl (C=O) groups is 2. The van der Waals surface area contributed by atoms with Gasteiger partial charge in [0.15, 0.2) is 5.11 Å². The van der Waals surface area contributed by atoms with Crippen molar-refractivity contribution in [3.63, 3.8) is 0 Å². The van der Waals surface area contributed by atoms with Crippen LogP contribution in [0.2, 0.25) is 0 Å². The van der Waals surface area contributed by atoms with Crippen LogP contribution in [0.3, 0.4) is 0 Å². The molecule has 9 heteroatoms. The number of anilines is 2. The van der Waals surface area contributed by atoms with Crippen LogP contribution in [0.5, 0.6) is 0 Å². The first-order chi connectivity index (χ1) is 13.5. The summed E-state index contributed by atoms with van der Waals surface area (Å²) in [6.07, 6.45) is 0. The molecule has 2 amide bonds. The standard InChI is InChI=1S/C19H15FN4O2S2/c20-13-6-8-14(9-7-13)22-19(27)24-23-17(25)12-3-1-4-15(11-12)21-18(26)16-5-2-10-28-16/h1-11H,(H,21,26)(H,23,25)(H2,22,24,27). The third-order valence-corrected chi connectivity index (χ3v) is 4.59. The minimum Gasteiger partial charge on any atom is -0.331 e. The molecule has 0 atom stereocenters. The maximum Gasteiger partial charge on any atom is 0.269 e. The molecule has 4 N–H and O–H groups in total. The van der Waals surface area contributed by atoms with Crippen LogP contribution >= 0.6 is 23.6 Å². The molecule has 0 fully saturated rings. The number of nitrogens with one attached hydrogen (secondary N) is 4. The molecule has 0 aliphatic rings. The number of carbonyl (C=O) groups excluding carboxylic acids is 2. The van der Waals surface area contributed by atoms with Gasteiger partial charge in [0.25, 0.3) is 11.8 Å². The highest BCUT2D eigenvalue weighted by Gasteiger charge is 2.10. The predicted molar refractivity (Wildman–Crippen MR) is 112 cm³/mol. The lowest BCUT2D eigenvalue weighted by Crippen LogP contribution is -2.43. The van der Waals surface area contributed by atoms with E-state index in [0.717, 1.165) is 0 Å². The Kier molecular flexibility index (Phi) is 6.30. The zero-order valence-corrected chi connectivity index (χ0v) is 16.0. The molecule has 0 aliphatic carbocycles. The van der Waals surface area contributed by atoms with Gasteiger partial charge in [0, 0.05) is 16.9 Å². The van der Waals surface area contributed by atoms with Gasteiger partial charge < -0.3 is 10.6 Å². The molecule has 0 aliphatic heterocycles. The minimum absolute atomic E-state index is 0.141. The largest absolute Gasteiger partial charge is 0.331 e. The van der Waals surface area contributed by atoms with E-state index >= 15 is 0 Å². The van der Waals surface area contributed by atoms with E-state index in [2.05, 4.69) is 21.5 Å². The maximum absolute atomic E-state index is 12.9. The van der Waals surface area contributed by atoms with Gasteiger partial charge in [-0.3, -0.25) is 20.4 Å². The van der Waals surface area contributed by atoms with Crippen molar-refractivity contribution in [2.45, 2.75) is 0 Å². The summed E-state index contributed by atoms with van der Waals surface area (Å²) >= 11 is 6.41. The van der Waals surface area contributed by atoms with Gasteiger partial charge in [0.1, 0.15) is 5.82 Å². The summed E-state index contributed by atoms with van der Waals surface area (Å²) in [5, 5.41) is 7.51. The van der Waals surface area contributed by atoms with Gasteiger partial charge in [-0.25, -0.2) is 4.39 Å². The Balaban J connectivity index is 1.54. The number of amides is 2. The summed E-state index contributed by atoms with van der Waals surface area (Å²) in [6.45, 7) is 0. The third-order valence-electron chi connectivity index (χ3n) is 3.52. The number of halogens is 1. The molecule has 0 radical (unpaired) electrons. The van der Waals surface area contributed by atoms with Crippen molar-refractivity contribution < 1.29 is 14.0 Å². The Hall–Kier alpha value is -3.30. The fraction of sp³-hybridized carbons (Fsp3) is 0. The van der Waals surface area contributed by atoms with E-state index in [1.54, 1.807) is 36.4 Å². The fourth-order valence-electron chi connectivity index (χ4n) is 2.22. The second kappa shape index (κ2) is 9.07. The van der Waals surface area contributed by atoms with Gasteiger partial charge in [-0.15, -0.1) is 11.3 Å². The highest BCUT2D eigenvalue weighted by atomic mass is 32.1. The van der Waals surface area contributed by atoms with Crippen molar-refractivity contribution in [3.8, 4) is 0 Å². The lowest BCUT2D eigenvalue weighted by atomic mass is 10.2. The zero-order valence-electron chi connectivity index (χ0n) is 14.4. The van der Waals surface area contributed by atoms with Crippen molar-refractivity contribution in [3.05, 3.63) is 82.3 Å². The number of thiophene rings is 1. The van der Waals surface area contributed by atoms with Crippen molar-refractivity contribution in [1.82, 2.24) is 10.9 Å². The molecular formula is C19H15FN4O2S2. The highest BCUT2D eigenvalue weighted by molar-refractivity contribution is 7.80. The highest BCUT2D eigenvalue weighted by Crippen LogP contribution is 2.15. The fourth-order valence-corrected chi connectivity index (χ4v) is 3.01. The summed E-state index contributed by atoms with van der Waals surface area (Å²) in [6, 6.07) is 15.6. The average molecular weight is 414 g/mol. The second-order valence-corrected chi connectivity index (χ2v) is 6.91. The summed E-state index contributed by atoms with van der Waals surface area (Å²) in [5.41, 5.74) is 6.44. The van der Waals surface area contributed by atoms with Crippen LogP contribution in [0.1, 0.15) is 20.0 Å². The van der Waals surface area contributed by atoms with E-state index < -0.39 is 5.91 Å². The molecule has 0 unspecified atom stereocenters. The lowest BCUT2D eigenvalue weighted by molar-refractivity contribution is 0.0943. The van der Waals surface area contributed by atoms with Gasteiger partial charge in [0.2, 0.25) is 0 Å². The van der Waals surface area contributed by atoms with Crippen LogP contribution in [-0.2, 0) is 0 Å². The number of hydrogen-bond donors (Lipinski definition) is 4. The molecule has 3 rings (SSSR count). The van der Waals surface area contributed by atoms with E-state index in [1.807, 2.05) is 5.38 Å². The number of rotatable bonds is 4. The van der Waals surface area contributed by atoms with E-state index in [1.165, 1.54) is 35.6 Å². The summed E-state index contributed by atoms with van der Waals surface area (Å²) < 4.78 is 12.9. The molecule has 2 aromatic carbocycles. The van der Waals surface area contributed by atoms with Crippen LogP contribution in [0.25, 0.3) is 0 Å². The number of hydrogen-bond acceptors (Lipinski definition) is 4. The molecule has 1 aromatic heterocycles. The molecule has 6 nitrogen and oxygen atoms in total. The molecule has 3 aromatic rings. The number of hydrazine groups is 1. The summed E-state index contributed by atoms with van der Waals surface area (Å²) in [7, 11) is 0. The van der Waals surface area contributed by atoms with Gasteiger partial charge in [-0.1, -0.05) is 12.1 Å². The second-order valence-electron chi connectivity index (χ2n) is 5.55. The molecular weight excluding hydrogens is 399 g/mol. The molecule has 1 heterocycles. The number of thiocarbonyl (C=S) groups is 1. The topological polar surface area (TPSA) is 82.3 Å².